The summed E-state index contributed by atoms with van der Waals surface area (Å²) in [6.45, 7) is 2.55. The zero-order valence-corrected chi connectivity index (χ0v) is 21.2. The molecule has 2 N–H and O–H groups in total. The van der Waals surface area contributed by atoms with Gasteiger partial charge in [0.1, 0.15) is 0 Å². The van der Waals surface area contributed by atoms with Gasteiger partial charge in [-0.25, -0.2) is 4.99 Å². The molecular weight excluding hydrogens is 474 g/mol. The third-order valence-corrected chi connectivity index (χ3v) is 7.70. The Balaban J connectivity index is 1.54. The molecule has 0 unspecified atom stereocenters. The quantitative estimate of drug-likeness (QED) is 0.359. The Kier molecular flexibility index (Phi) is 7.06. The summed E-state index contributed by atoms with van der Waals surface area (Å²) in [5.74, 6) is 2.67. The molecule has 186 valence electrons. The van der Waals surface area contributed by atoms with E-state index in [1.165, 1.54) is 5.56 Å². The van der Waals surface area contributed by atoms with Crippen LogP contribution in [0.5, 0.6) is 17.4 Å². The van der Waals surface area contributed by atoms with E-state index in [0.717, 1.165) is 53.3 Å². The van der Waals surface area contributed by atoms with Gasteiger partial charge < -0.3 is 19.6 Å². The highest BCUT2D eigenvalue weighted by molar-refractivity contribution is 7.85. The minimum Gasteiger partial charge on any atom is -0.494 e. The summed E-state index contributed by atoms with van der Waals surface area (Å²) in [7, 11) is 2.50. The highest BCUT2D eigenvalue weighted by Gasteiger charge is 2.21. The Morgan fingerprint density at radius 1 is 1.00 bits per heavy atom. The summed E-state index contributed by atoms with van der Waals surface area (Å²) >= 11 is 0. The number of aromatic amines is 1. The number of methoxy groups -OCH3 is 2. The van der Waals surface area contributed by atoms with Crippen LogP contribution in [0, 0.1) is 0 Å². The zero-order chi connectivity index (χ0) is 25.1. The predicted molar refractivity (Wildman–Crippen MR) is 144 cm³/mol. The van der Waals surface area contributed by atoms with Crippen molar-refractivity contribution in [3.63, 3.8) is 0 Å². The number of aromatic nitrogens is 1. The molecular formula is C28H29N3O4S. The number of benzene rings is 3. The normalized spacial score (nSPS) is 15.3. The lowest BCUT2D eigenvalue weighted by molar-refractivity contribution is 0.291. The van der Waals surface area contributed by atoms with Gasteiger partial charge in [0, 0.05) is 59.0 Å². The van der Waals surface area contributed by atoms with Gasteiger partial charge in [0.15, 0.2) is 17.4 Å². The van der Waals surface area contributed by atoms with Crippen LogP contribution in [-0.4, -0.2) is 63.7 Å². The van der Waals surface area contributed by atoms with Crippen LogP contribution in [0.4, 0.5) is 5.69 Å². The molecule has 8 heteroatoms. The van der Waals surface area contributed by atoms with Gasteiger partial charge in [-0.1, -0.05) is 42.5 Å². The topological polar surface area (TPSA) is 87.2 Å². The number of rotatable bonds is 7. The van der Waals surface area contributed by atoms with Crippen molar-refractivity contribution >= 4 is 33.1 Å². The SMILES string of the molecule is COc1cc2[nH]c(O)c(C(=Nc3ccc(CN4CCS(=O)CC4)cc3)c3ccccc3)c2cc1OC. The lowest BCUT2D eigenvalue weighted by Crippen LogP contribution is -2.37. The van der Waals surface area contributed by atoms with Crippen molar-refractivity contribution in [2.45, 2.75) is 6.54 Å². The molecule has 0 radical (unpaired) electrons. The molecule has 0 saturated carbocycles. The number of aromatic hydroxyl groups is 1. The Labute approximate surface area is 212 Å². The second kappa shape index (κ2) is 10.6. The number of hydrogen-bond donors (Lipinski definition) is 2. The molecule has 3 aromatic carbocycles. The fourth-order valence-corrected chi connectivity index (χ4v) is 5.63. The van der Waals surface area contributed by atoms with Crippen LogP contribution in [0.1, 0.15) is 16.7 Å². The Hall–Kier alpha value is -3.62. The number of hydrogen-bond acceptors (Lipinski definition) is 6. The minimum absolute atomic E-state index is 0.0296. The van der Waals surface area contributed by atoms with E-state index in [0.29, 0.717) is 22.8 Å². The van der Waals surface area contributed by atoms with Gasteiger partial charge in [-0.05, 0) is 23.8 Å². The Morgan fingerprint density at radius 2 is 1.67 bits per heavy atom. The standard InChI is InChI=1S/C28H29N3O4S/c1-34-24-16-22-23(17-25(24)35-2)30-28(32)26(22)27(20-6-4-3-5-7-20)29-21-10-8-19(9-11-21)18-31-12-14-36(33)15-13-31/h3-11,16-17,30,32H,12-15,18H2,1-2H3. The zero-order valence-electron chi connectivity index (χ0n) is 20.4. The van der Waals surface area contributed by atoms with Crippen molar-refractivity contribution in [2.24, 2.45) is 4.99 Å². The monoisotopic (exact) mass is 503 g/mol. The molecule has 36 heavy (non-hydrogen) atoms. The van der Waals surface area contributed by atoms with Gasteiger partial charge in [-0.15, -0.1) is 0 Å². The molecule has 0 aliphatic carbocycles. The first kappa shape index (κ1) is 24.1. The minimum atomic E-state index is -0.676. The van der Waals surface area contributed by atoms with Crippen LogP contribution < -0.4 is 9.47 Å². The van der Waals surface area contributed by atoms with E-state index in [4.69, 9.17) is 14.5 Å². The number of fused-ring (bicyclic) bond motifs is 1. The molecule has 4 aromatic rings. The number of H-pyrrole nitrogens is 1. The Morgan fingerprint density at radius 3 is 2.33 bits per heavy atom. The fraction of sp³-hybridized carbons (Fsp3) is 0.250. The van der Waals surface area contributed by atoms with Crippen LogP contribution >= 0.6 is 0 Å². The van der Waals surface area contributed by atoms with Gasteiger partial charge in [0.25, 0.3) is 0 Å². The molecule has 2 heterocycles. The first-order valence-corrected chi connectivity index (χ1v) is 13.3. The lowest BCUT2D eigenvalue weighted by atomic mass is 10.0. The summed E-state index contributed by atoms with van der Waals surface area (Å²) < 4.78 is 22.6. The van der Waals surface area contributed by atoms with Gasteiger partial charge in [-0.3, -0.25) is 9.11 Å². The van der Waals surface area contributed by atoms with E-state index >= 15 is 0 Å². The molecule has 1 aliphatic heterocycles. The van der Waals surface area contributed by atoms with Crippen LogP contribution in [0.2, 0.25) is 0 Å². The molecule has 1 aromatic heterocycles. The van der Waals surface area contributed by atoms with Crippen LogP contribution in [-0.2, 0) is 17.3 Å². The number of nitrogens with zero attached hydrogens (tertiary/aromatic N) is 2. The van der Waals surface area contributed by atoms with Crippen LogP contribution in [0.15, 0.2) is 71.7 Å². The van der Waals surface area contributed by atoms with Crippen molar-refractivity contribution < 1.29 is 18.8 Å². The van der Waals surface area contributed by atoms with Crippen molar-refractivity contribution in [3.05, 3.63) is 83.4 Å². The van der Waals surface area contributed by atoms with E-state index in [2.05, 4.69) is 22.0 Å². The molecule has 1 saturated heterocycles. The molecule has 1 aliphatic rings. The molecule has 1 fully saturated rings. The van der Waals surface area contributed by atoms with Crippen molar-refractivity contribution in [1.29, 1.82) is 0 Å². The van der Waals surface area contributed by atoms with E-state index < -0.39 is 10.8 Å². The summed E-state index contributed by atoms with van der Waals surface area (Å²) in [6.07, 6.45) is 0. The second-order valence-corrected chi connectivity index (χ2v) is 10.4. The lowest BCUT2D eigenvalue weighted by Gasteiger charge is -2.26. The largest absolute Gasteiger partial charge is 0.494 e. The molecule has 0 amide bonds. The van der Waals surface area contributed by atoms with Gasteiger partial charge in [0.05, 0.1) is 36.7 Å². The van der Waals surface area contributed by atoms with E-state index in [-0.39, 0.29) is 5.88 Å². The maximum atomic E-state index is 11.6. The summed E-state index contributed by atoms with van der Waals surface area (Å²) in [6, 6.07) is 21.6. The maximum Gasteiger partial charge on any atom is 0.199 e. The van der Waals surface area contributed by atoms with Gasteiger partial charge in [0.2, 0.25) is 0 Å². The fourth-order valence-electron chi connectivity index (χ4n) is 4.50. The highest BCUT2D eigenvalue weighted by atomic mass is 32.2. The van der Waals surface area contributed by atoms with Crippen LogP contribution in [0.3, 0.4) is 0 Å². The summed E-state index contributed by atoms with van der Waals surface area (Å²) in [4.78, 5) is 10.4. The number of nitrogens with one attached hydrogen (secondary N) is 1. The number of aliphatic imine (C=N–C) groups is 1. The third-order valence-electron chi connectivity index (χ3n) is 6.42. The third kappa shape index (κ3) is 5.01. The smallest absolute Gasteiger partial charge is 0.199 e. The highest BCUT2D eigenvalue weighted by Crippen LogP contribution is 2.38. The van der Waals surface area contributed by atoms with Crippen molar-refractivity contribution in [1.82, 2.24) is 9.88 Å². The number of ether oxygens (including phenoxy) is 2. The average molecular weight is 504 g/mol. The Bertz CT molecular complexity index is 1400. The van der Waals surface area contributed by atoms with E-state index in [9.17, 15) is 9.32 Å². The molecule has 5 rings (SSSR count). The molecule has 0 bridgehead atoms. The molecule has 7 nitrogen and oxygen atoms in total. The predicted octanol–water partition coefficient (Wildman–Crippen LogP) is 4.62. The second-order valence-electron chi connectivity index (χ2n) is 8.72. The van der Waals surface area contributed by atoms with Gasteiger partial charge in [-0.2, -0.15) is 0 Å². The summed E-state index contributed by atoms with van der Waals surface area (Å²) in [5.41, 5.74) is 4.83. The van der Waals surface area contributed by atoms with E-state index in [1.54, 1.807) is 14.2 Å². The summed E-state index contributed by atoms with van der Waals surface area (Å²) in [5, 5.41) is 11.8. The first-order chi connectivity index (χ1) is 17.6. The molecule has 0 atom stereocenters. The van der Waals surface area contributed by atoms with E-state index in [1.807, 2.05) is 54.6 Å². The maximum absolute atomic E-state index is 11.6. The van der Waals surface area contributed by atoms with Crippen LogP contribution in [0.25, 0.3) is 10.9 Å². The van der Waals surface area contributed by atoms with Gasteiger partial charge >= 0.3 is 0 Å². The van der Waals surface area contributed by atoms with Crippen molar-refractivity contribution in [2.75, 3.05) is 38.8 Å². The van der Waals surface area contributed by atoms with Crippen molar-refractivity contribution in [3.8, 4) is 17.4 Å². The molecule has 0 spiro atoms. The first-order valence-electron chi connectivity index (χ1n) is 11.8. The average Bonchev–Trinajstić information content (AvgIpc) is 3.23.